The molecular formula is C22H23F2N5. The van der Waals surface area contributed by atoms with Gasteiger partial charge in [0.05, 0.1) is 0 Å². The summed E-state index contributed by atoms with van der Waals surface area (Å²) < 4.78 is 27.9. The second-order valence-corrected chi connectivity index (χ2v) is 7.23. The van der Waals surface area contributed by atoms with Crippen molar-refractivity contribution >= 4 is 23.1 Å². The predicted molar refractivity (Wildman–Crippen MR) is 112 cm³/mol. The molecule has 1 aliphatic heterocycles. The van der Waals surface area contributed by atoms with Crippen LogP contribution in [0.3, 0.4) is 0 Å². The van der Waals surface area contributed by atoms with Crippen molar-refractivity contribution in [1.82, 2.24) is 9.97 Å². The van der Waals surface area contributed by atoms with E-state index in [9.17, 15) is 8.78 Å². The van der Waals surface area contributed by atoms with Gasteiger partial charge in [0.1, 0.15) is 23.1 Å². The SMILES string of the molecule is Cc1cccc(N2CCN(c3nc(C)cc(Nc4c(F)cccc4F)n3)CC2)c1. The van der Waals surface area contributed by atoms with E-state index in [0.29, 0.717) is 11.8 Å². The van der Waals surface area contributed by atoms with Crippen LogP contribution in [0.5, 0.6) is 0 Å². The van der Waals surface area contributed by atoms with Crippen molar-refractivity contribution in [2.24, 2.45) is 0 Å². The van der Waals surface area contributed by atoms with Crippen LogP contribution < -0.4 is 15.1 Å². The largest absolute Gasteiger partial charge is 0.368 e. The maximum absolute atomic E-state index is 14.0. The van der Waals surface area contributed by atoms with E-state index in [1.54, 1.807) is 6.07 Å². The zero-order valence-corrected chi connectivity index (χ0v) is 16.5. The summed E-state index contributed by atoms with van der Waals surface area (Å²) in [5.41, 5.74) is 2.98. The lowest BCUT2D eigenvalue weighted by Crippen LogP contribution is -2.47. The zero-order chi connectivity index (χ0) is 20.4. The first kappa shape index (κ1) is 19.1. The van der Waals surface area contributed by atoms with Gasteiger partial charge in [-0.3, -0.25) is 0 Å². The molecule has 1 aliphatic rings. The Morgan fingerprint density at radius 2 is 1.48 bits per heavy atom. The molecule has 2 heterocycles. The van der Waals surface area contributed by atoms with Crippen LogP contribution in [-0.4, -0.2) is 36.1 Å². The van der Waals surface area contributed by atoms with Gasteiger partial charge in [0, 0.05) is 43.6 Å². The number of nitrogens with one attached hydrogen (secondary N) is 1. The molecule has 0 bridgehead atoms. The summed E-state index contributed by atoms with van der Waals surface area (Å²) in [4.78, 5) is 13.5. The minimum atomic E-state index is -0.658. The standard InChI is InChI=1S/C22H23F2N5/c1-15-5-3-6-17(13-15)28-9-11-29(12-10-28)22-25-16(2)14-20(27-22)26-21-18(23)7-4-8-19(21)24/h3-8,13-14H,9-12H2,1-2H3,(H,25,26,27). The topological polar surface area (TPSA) is 44.3 Å². The summed E-state index contributed by atoms with van der Waals surface area (Å²) in [6.07, 6.45) is 0. The molecule has 0 saturated carbocycles. The van der Waals surface area contributed by atoms with Gasteiger partial charge in [-0.25, -0.2) is 13.8 Å². The molecule has 1 N–H and O–H groups in total. The van der Waals surface area contributed by atoms with E-state index in [-0.39, 0.29) is 5.69 Å². The molecule has 1 saturated heterocycles. The van der Waals surface area contributed by atoms with E-state index in [1.165, 1.54) is 29.4 Å². The maximum Gasteiger partial charge on any atom is 0.227 e. The lowest BCUT2D eigenvalue weighted by molar-refractivity contribution is 0.590. The minimum Gasteiger partial charge on any atom is -0.368 e. The van der Waals surface area contributed by atoms with Crippen LogP contribution in [0.2, 0.25) is 0 Å². The van der Waals surface area contributed by atoms with Crippen molar-refractivity contribution in [3.63, 3.8) is 0 Å². The van der Waals surface area contributed by atoms with Crippen LogP contribution in [0.25, 0.3) is 0 Å². The summed E-state index contributed by atoms with van der Waals surface area (Å²) in [6, 6.07) is 13.9. The van der Waals surface area contributed by atoms with Crippen molar-refractivity contribution in [1.29, 1.82) is 0 Å². The second kappa shape index (κ2) is 8.03. The van der Waals surface area contributed by atoms with Crippen molar-refractivity contribution in [3.8, 4) is 0 Å². The summed E-state index contributed by atoms with van der Waals surface area (Å²) in [5.74, 6) is -0.380. The number of hydrogen-bond donors (Lipinski definition) is 1. The molecule has 0 radical (unpaired) electrons. The van der Waals surface area contributed by atoms with Crippen molar-refractivity contribution in [3.05, 3.63) is 71.4 Å². The molecule has 4 rings (SSSR count). The monoisotopic (exact) mass is 395 g/mol. The molecule has 5 nitrogen and oxygen atoms in total. The van der Waals surface area contributed by atoms with Gasteiger partial charge < -0.3 is 15.1 Å². The molecule has 29 heavy (non-hydrogen) atoms. The van der Waals surface area contributed by atoms with Crippen molar-refractivity contribution in [2.45, 2.75) is 13.8 Å². The predicted octanol–water partition coefficient (Wildman–Crippen LogP) is 4.44. The smallest absolute Gasteiger partial charge is 0.227 e. The van der Waals surface area contributed by atoms with Crippen LogP contribution in [0.15, 0.2) is 48.5 Å². The molecule has 0 unspecified atom stereocenters. The first-order chi connectivity index (χ1) is 14.0. The molecule has 1 fully saturated rings. The number of halogens is 2. The molecule has 3 aromatic rings. The highest BCUT2D eigenvalue weighted by Crippen LogP contribution is 2.25. The Hall–Kier alpha value is -3.22. The number of nitrogens with zero attached hydrogens (tertiary/aromatic N) is 4. The lowest BCUT2D eigenvalue weighted by Gasteiger charge is -2.36. The summed E-state index contributed by atoms with van der Waals surface area (Å²) in [7, 11) is 0. The van der Waals surface area contributed by atoms with Crippen LogP contribution in [0.1, 0.15) is 11.3 Å². The Bertz CT molecular complexity index is 996. The molecule has 0 spiro atoms. The fourth-order valence-electron chi connectivity index (χ4n) is 3.49. The Morgan fingerprint density at radius 3 is 2.17 bits per heavy atom. The third-order valence-electron chi connectivity index (χ3n) is 4.99. The van der Waals surface area contributed by atoms with Crippen LogP contribution in [0.4, 0.5) is 31.9 Å². The number of hydrogen-bond acceptors (Lipinski definition) is 5. The molecule has 150 valence electrons. The quantitative estimate of drug-likeness (QED) is 0.708. The highest BCUT2D eigenvalue weighted by molar-refractivity contribution is 5.59. The normalized spacial score (nSPS) is 14.2. The van der Waals surface area contributed by atoms with Gasteiger partial charge in [-0.15, -0.1) is 0 Å². The van der Waals surface area contributed by atoms with Crippen LogP contribution >= 0.6 is 0 Å². The van der Waals surface area contributed by atoms with E-state index in [0.717, 1.165) is 31.9 Å². The fraction of sp³-hybridized carbons (Fsp3) is 0.273. The molecule has 0 amide bonds. The highest BCUT2D eigenvalue weighted by atomic mass is 19.1. The van der Waals surface area contributed by atoms with E-state index < -0.39 is 11.6 Å². The molecular weight excluding hydrogens is 372 g/mol. The number of piperazine rings is 1. The third-order valence-corrected chi connectivity index (χ3v) is 4.99. The Labute approximate surface area is 169 Å². The average Bonchev–Trinajstić information content (AvgIpc) is 2.71. The van der Waals surface area contributed by atoms with E-state index in [2.05, 4.69) is 56.3 Å². The summed E-state index contributed by atoms with van der Waals surface area (Å²) >= 11 is 0. The van der Waals surface area contributed by atoms with Gasteiger partial charge in [0.2, 0.25) is 5.95 Å². The Morgan fingerprint density at radius 1 is 0.828 bits per heavy atom. The molecule has 0 aliphatic carbocycles. The van der Waals surface area contributed by atoms with E-state index in [1.807, 2.05) is 6.92 Å². The van der Waals surface area contributed by atoms with Gasteiger partial charge in [-0.1, -0.05) is 18.2 Å². The van der Waals surface area contributed by atoms with Crippen LogP contribution in [0, 0.1) is 25.5 Å². The number of benzene rings is 2. The van der Waals surface area contributed by atoms with E-state index in [4.69, 9.17) is 0 Å². The fourth-order valence-corrected chi connectivity index (χ4v) is 3.49. The Balaban J connectivity index is 1.50. The van der Waals surface area contributed by atoms with Crippen molar-refractivity contribution < 1.29 is 8.78 Å². The maximum atomic E-state index is 14.0. The van der Waals surface area contributed by atoms with Gasteiger partial charge in [-0.2, -0.15) is 4.98 Å². The van der Waals surface area contributed by atoms with Gasteiger partial charge >= 0.3 is 0 Å². The van der Waals surface area contributed by atoms with Gasteiger partial charge in [0.15, 0.2) is 0 Å². The number of anilines is 4. The second-order valence-electron chi connectivity index (χ2n) is 7.23. The molecule has 1 aromatic heterocycles. The van der Waals surface area contributed by atoms with Gasteiger partial charge in [0.25, 0.3) is 0 Å². The van der Waals surface area contributed by atoms with Gasteiger partial charge in [-0.05, 0) is 43.7 Å². The number of rotatable bonds is 4. The lowest BCUT2D eigenvalue weighted by atomic mass is 10.2. The average molecular weight is 395 g/mol. The summed E-state index contributed by atoms with van der Waals surface area (Å²) in [6.45, 7) is 7.18. The number of aromatic nitrogens is 2. The molecule has 0 atom stereocenters. The first-order valence-corrected chi connectivity index (χ1v) is 9.63. The first-order valence-electron chi connectivity index (χ1n) is 9.63. The zero-order valence-electron chi connectivity index (χ0n) is 16.5. The van der Waals surface area contributed by atoms with Crippen LogP contribution in [-0.2, 0) is 0 Å². The number of aryl methyl sites for hydroxylation is 2. The molecule has 7 heteroatoms. The number of para-hydroxylation sites is 1. The Kier molecular flexibility index (Phi) is 5.29. The molecule has 2 aromatic carbocycles. The van der Waals surface area contributed by atoms with Crippen molar-refractivity contribution in [2.75, 3.05) is 41.3 Å². The van der Waals surface area contributed by atoms with E-state index >= 15 is 0 Å². The third kappa shape index (κ3) is 4.29. The minimum absolute atomic E-state index is 0.208. The summed E-state index contributed by atoms with van der Waals surface area (Å²) in [5, 5.41) is 2.76. The highest BCUT2D eigenvalue weighted by Gasteiger charge is 2.20.